The van der Waals surface area contributed by atoms with Gasteiger partial charge in [-0.15, -0.1) is 0 Å². The van der Waals surface area contributed by atoms with Crippen molar-refractivity contribution in [2.45, 2.75) is 44.7 Å². The van der Waals surface area contributed by atoms with Crippen molar-refractivity contribution in [1.29, 1.82) is 0 Å². The highest BCUT2D eigenvalue weighted by atomic mass is 35.5. The molecule has 0 aromatic heterocycles. The summed E-state index contributed by atoms with van der Waals surface area (Å²) in [5.41, 5.74) is 1.95. The van der Waals surface area contributed by atoms with Crippen LogP contribution in [0.5, 0.6) is 0 Å². The van der Waals surface area contributed by atoms with Gasteiger partial charge >= 0.3 is 5.97 Å². The lowest BCUT2D eigenvalue weighted by molar-refractivity contribution is -0.140. The molecule has 3 amide bonds. The Balaban J connectivity index is 1.35. The SMILES string of the molecule is O=C(O)c1ccc(NC(=O)c2ccc(CNC3=C(Cl)C(=O)N(C4CCCCC4)C3=O)cc2)cc1. The van der Waals surface area contributed by atoms with Crippen molar-refractivity contribution >= 4 is 41.0 Å². The number of aromatic carboxylic acids is 1. The second kappa shape index (κ2) is 10.1. The number of amides is 3. The fraction of sp³-hybridized carbons (Fsp3) is 0.280. The van der Waals surface area contributed by atoms with E-state index in [1.807, 2.05) is 0 Å². The first-order valence-electron chi connectivity index (χ1n) is 11.1. The van der Waals surface area contributed by atoms with E-state index >= 15 is 0 Å². The highest BCUT2D eigenvalue weighted by molar-refractivity contribution is 6.47. The summed E-state index contributed by atoms with van der Waals surface area (Å²) in [5.74, 6) is -2.20. The first-order valence-corrected chi connectivity index (χ1v) is 11.5. The summed E-state index contributed by atoms with van der Waals surface area (Å²) in [6, 6.07) is 12.5. The summed E-state index contributed by atoms with van der Waals surface area (Å²) in [6.07, 6.45) is 4.72. The van der Waals surface area contributed by atoms with Gasteiger partial charge in [0.1, 0.15) is 10.7 Å². The number of nitrogens with one attached hydrogen (secondary N) is 2. The quantitative estimate of drug-likeness (QED) is 0.517. The van der Waals surface area contributed by atoms with E-state index in [9.17, 15) is 19.2 Å². The molecule has 1 saturated carbocycles. The van der Waals surface area contributed by atoms with Crippen LogP contribution in [0.3, 0.4) is 0 Å². The maximum absolute atomic E-state index is 12.8. The summed E-state index contributed by atoms with van der Waals surface area (Å²) in [4.78, 5) is 50.1. The van der Waals surface area contributed by atoms with Crippen LogP contribution >= 0.6 is 11.6 Å². The van der Waals surface area contributed by atoms with E-state index in [0.717, 1.165) is 37.7 Å². The molecule has 1 heterocycles. The minimum absolute atomic E-state index is 0.0829. The monoisotopic (exact) mass is 481 g/mol. The fourth-order valence-corrected chi connectivity index (χ4v) is 4.45. The van der Waals surface area contributed by atoms with Crippen LogP contribution in [0.25, 0.3) is 0 Å². The smallest absolute Gasteiger partial charge is 0.335 e. The van der Waals surface area contributed by atoms with Gasteiger partial charge in [-0.2, -0.15) is 0 Å². The summed E-state index contributed by atoms with van der Waals surface area (Å²) >= 11 is 6.19. The Morgan fingerprint density at radius 2 is 1.53 bits per heavy atom. The molecule has 2 aliphatic rings. The molecule has 1 aliphatic carbocycles. The van der Waals surface area contributed by atoms with E-state index in [4.69, 9.17) is 16.7 Å². The Morgan fingerprint density at radius 3 is 2.15 bits per heavy atom. The molecule has 2 aromatic carbocycles. The lowest BCUT2D eigenvalue weighted by Crippen LogP contribution is -2.43. The van der Waals surface area contributed by atoms with E-state index in [1.165, 1.54) is 29.2 Å². The number of hydrogen-bond acceptors (Lipinski definition) is 5. The van der Waals surface area contributed by atoms with Gasteiger partial charge in [-0.3, -0.25) is 19.3 Å². The van der Waals surface area contributed by atoms with E-state index in [0.29, 0.717) is 11.3 Å². The number of carboxylic acid groups (broad SMARTS) is 1. The number of nitrogens with zero attached hydrogens (tertiary/aromatic N) is 1. The Labute approximate surface area is 201 Å². The maximum Gasteiger partial charge on any atom is 0.335 e. The molecule has 9 heteroatoms. The van der Waals surface area contributed by atoms with E-state index in [1.54, 1.807) is 24.3 Å². The van der Waals surface area contributed by atoms with Crippen molar-refractivity contribution in [2.75, 3.05) is 5.32 Å². The molecule has 0 spiro atoms. The molecule has 1 aliphatic heterocycles. The third kappa shape index (κ3) is 4.97. The average molecular weight is 482 g/mol. The van der Waals surface area contributed by atoms with Crippen molar-refractivity contribution < 1.29 is 24.3 Å². The van der Waals surface area contributed by atoms with E-state index in [-0.39, 0.29) is 40.7 Å². The van der Waals surface area contributed by atoms with Crippen LogP contribution in [-0.4, -0.2) is 39.7 Å². The number of rotatable bonds is 7. The molecular weight excluding hydrogens is 458 g/mol. The number of benzene rings is 2. The molecule has 8 nitrogen and oxygen atoms in total. The van der Waals surface area contributed by atoms with E-state index < -0.39 is 11.9 Å². The van der Waals surface area contributed by atoms with Crippen LogP contribution in [0.4, 0.5) is 5.69 Å². The zero-order chi connectivity index (χ0) is 24.2. The van der Waals surface area contributed by atoms with Gasteiger partial charge in [-0.25, -0.2) is 4.79 Å². The Bertz CT molecular complexity index is 1150. The number of halogens is 1. The third-order valence-corrected chi connectivity index (χ3v) is 6.42. The Kier molecular flexibility index (Phi) is 6.98. The minimum Gasteiger partial charge on any atom is -0.478 e. The number of imide groups is 1. The first kappa shape index (κ1) is 23.5. The molecule has 3 N–H and O–H groups in total. The summed E-state index contributed by atoms with van der Waals surface area (Å²) < 4.78 is 0. The van der Waals surface area contributed by atoms with Crippen LogP contribution in [0.15, 0.2) is 59.3 Å². The van der Waals surface area contributed by atoms with Gasteiger partial charge in [-0.1, -0.05) is 43.0 Å². The van der Waals surface area contributed by atoms with Gasteiger partial charge in [0, 0.05) is 23.8 Å². The molecule has 2 aromatic rings. The third-order valence-electron chi connectivity index (χ3n) is 6.07. The van der Waals surface area contributed by atoms with Gasteiger partial charge in [0.15, 0.2) is 0 Å². The van der Waals surface area contributed by atoms with Gasteiger partial charge < -0.3 is 15.7 Å². The van der Waals surface area contributed by atoms with Crippen molar-refractivity contribution in [3.63, 3.8) is 0 Å². The topological polar surface area (TPSA) is 116 Å². The summed E-state index contributed by atoms with van der Waals surface area (Å²) in [6.45, 7) is 0.266. The molecule has 34 heavy (non-hydrogen) atoms. The molecule has 4 rings (SSSR count). The fourth-order valence-electron chi connectivity index (χ4n) is 4.21. The zero-order valence-corrected chi connectivity index (χ0v) is 19.1. The van der Waals surface area contributed by atoms with Crippen molar-refractivity contribution in [3.05, 3.63) is 76.0 Å². The molecular formula is C25H24ClN3O5. The van der Waals surface area contributed by atoms with Crippen LogP contribution in [0, 0.1) is 0 Å². The van der Waals surface area contributed by atoms with Crippen molar-refractivity contribution in [1.82, 2.24) is 10.2 Å². The summed E-state index contributed by atoms with van der Waals surface area (Å²) in [5, 5.41) is 14.6. The first-order chi connectivity index (χ1) is 16.3. The van der Waals surface area contributed by atoms with E-state index in [2.05, 4.69) is 10.6 Å². The molecule has 0 atom stereocenters. The highest BCUT2D eigenvalue weighted by Crippen LogP contribution is 2.30. The van der Waals surface area contributed by atoms with Gasteiger partial charge in [0.25, 0.3) is 17.7 Å². The number of anilines is 1. The van der Waals surface area contributed by atoms with Crippen LogP contribution in [0.1, 0.15) is 58.4 Å². The lowest BCUT2D eigenvalue weighted by atomic mass is 9.94. The molecule has 0 bridgehead atoms. The zero-order valence-electron chi connectivity index (χ0n) is 18.3. The standard InChI is InChI=1S/C25H24ClN3O5/c26-20-21(24(32)29(23(20)31)19-4-2-1-3-5-19)27-14-15-6-8-16(9-7-15)22(30)28-18-12-10-17(11-13-18)25(33)34/h6-13,19,27H,1-5,14H2,(H,28,30)(H,33,34). The number of carbonyl (C=O) groups excluding carboxylic acids is 3. The van der Waals surface area contributed by atoms with Gasteiger partial charge in [0.2, 0.25) is 0 Å². The van der Waals surface area contributed by atoms with Crippen LogP contribution in [0.2, 0.25) is 0 Å². The second-order valence-corrected chi connectivity index (χ2v) is 8.73. The lowest BCUT2D eigenvalue weighted by Gasteiger charge is -2.29. The maximum atomic E-state index is 12.8. The highest BCUT2D eigenvalue weighted by Gasteiger charge is 2.41. The van der Waals surface area contributed by atoms with Crippen molar-refractivity contribution in [2.24, 2.45) is 0 Å². The number of carboxylic acids is 1. The molecule has 0 saturated heterocycles. The Hall–Kier alpha value is -3.65. The van der Waals surface area contributed by atoms with Gasteiger partial charge in [-0.05, 0) is 54.8 Å². The van der Waals surface area contributed by atoms with Crippen LogP contribution < -0.4 is 10.6 Å². The Morgan fingerprint density at radius 1 is 0.912 bits per heavy atom. The molecule has 1 fully saturated rings. The normalized spacial score (nSPS) is 16.7. The molecule has 0 radical (unpaired) electrons. The predicted molar refractivity (Wildman–Crippen MR) is 126 cm³/mol. The molecule has 0 unspecified atom stereocenters. The number of hydrogen-bond donors (Lipinski definition) is 3. The average Bonchev–Trinajstić information content (AvgIpc) is 3.06. The minimum atomic E-state index is -1.04. The van der Waals surface area contributed by atoms with Gasteiger partial charge in [0.05, 0.1) is 5.56 Å². The second-order valence-electron chi connectivity index (χ2n) is 8.35. The summed E-state index contributed by atoms with van der Waals surface area (Å²) in [7, 11) is 0. The molecule has 176 valence electrons. The van der Waals surface area contributed by atoms with Crippen LogP contribution in [-0.2, 0) is 16.1 Å². The number of carbonyl (C=O) groups is 4. The van der Waals surface area contributed by atoms with Crippen molar-refractivity contribution in [3.8, 4) is 0 Å². The largest absolute Gasteiger partial charge is 0.478 e. The predicted octanol–water partition coefficient (Wildman–Crippen LogP) is 3.88.